The molecule has 25 heavy (non-hydrogen) atoms. The monoisotopic (exact) mass is 356 g/mol. The molecule has 0 amide bonds. The molecule has 0 bridgehead atoms. The maximum Gasteiger partial charge on any atom is 0.191 e. The smallest absolute Gasteiger partial charge is 0.191 e. The molecule has 1 fully saturated rings. The Balaban J connectivity index is 1.64. The highest BCUT2D eigenvalue weighted by atomic mass is 32.2. The van der Waals surface area contributed by atoms with Gasteiger partial charge in [-0.15, -0.1) is 10.2 Å². The Kier molecular flexibility index (Phi) is 6.32. The van der Waals surface area contributed by atoms with Crippen LogP contribution < -0.4 is 0 Å². The van der Waals surface area contributed by atoms with Crippen molar-refractivity contribution < 1.29 is 0 Å². The maximum absolute atomic E-state index is 4.54. The van der Waals surface area contributed by atoms with Crippen LogP contribution in [0, 0.1) is 0 Å². The number of hydrogen-bond acceptors (Lipinski definition) is 4. The molecule has 1 aliphatic rings. The lowest BCUT2D eigenvalue weighted by molar-refractivity contribution is 0.217. The summed E-state index contributed by atoms with van der Waals surface area (Å²) in [5, 5.41) is 10.0. The second kappa shape index (κ2) is 8.68. The summed E-state index contributed by atoms with van der Waals surface area (Å²) in [7, 11) is 2.11. The van der Waals surface area contributed by atoms with E-state index >= 15 is 0 Å². The van der Waals surface area contributed by atoms with Crippen molar-refractivity contribution in [3.05, 3.63) is 53.4 Å². The summed E-state index contributed by atoms with van der Waals surface area (Å²) >= 11 is 1.77. The zero-order valence-corrected chi connectivity index (χ0v) is 16.3. The average Bonchev–Trinajstić information content (AvgIpc) is 3.01. The minimum Gasteiger partial charge on any atom is -0.309 e. The Bertz CT molecular complexity index is 708. The van der Waals surface area contributed by atoms with Crippen LogP contribution in [0.1, 0.15) is 44.0 Å². The molecular weight excluding hydrogens is 328 g/mol. The molecule has 1 saturated heterocycles. The number of allylic oxidation sites excluding steroid dienone is 1. The number of hydrogen-bond donors (Lipinski definition) is 0. The predicted molar refractivity (Wildman–Crippen MR) is 105 cm³/mol. The van der Waals surface area contributed by atoms with Crippen LogP contribution in [0.25, 0.3) is 0 Å². The Labute approximate surface area is 155 Å². The van der Waals surface area contributed by atoms with E-state index in [4.69, 9.17) is 0 Å². The van der Waals surface area contributed by atoms with Crippen LogP contribution in [-0.2, 0) is 12.8 Å². The maximum atomic E-state index is 4.54. The first-order valence-corrected chi connectivity index (χ1v) is 10.1. The Morgan fingerprint density at radius 1 is 1.28 bits per heavy atom. The number of piperidine rings is 1. The van der Waals surface area contributed by atoms with E-state index in [-0.39, 0.29) is 0 Å². The van der Waals surface area contributed by atoms with Crippen molar-refractivity contribution in [3.8, 4) is 0 Å². The van der Waals surface area contributed by atoms with Gasteiger partial charge in [-0.3, -0.25) is 4.90 Å². The lowest BCUT2D eigenvalue weighted by Crippen LogP contribution is -2.36. The highest BCUT2D eigenvalue weighted by Gasteiger charge is 2.25. The van der Waals surface area contributed by atoms with E-state index in [9.17, 15) is 0 Å². The summed E-state index contributed by atoms with van der Waals surface area (Å²) in [5.41, 5.74) is 2.76. The summed E-state index contributed by atoms with van der Waals surface area (Å²) in [6.45, 7) is 7.68. The molecule has 1 atom stereocenters. The largest absolute Gasteiger partial charge is 0.309 e. The molecule has 0 N–H and O–H groups in total. The SMILES string of the molecule is CC=C(C)CN1CCCC(c2nnc(SCc3ccccc3)n2C)C1. The first kappa shape index (κ1) is 18.2. The minimum absolute atomic E-state index is 0.488. The quantitative estimate of drug-likeness (QED) is 0.572. The number of likely N-dealkylation sites (tertiary alicyclic amines) is 1. The van der Waals surface area contributed by atoms with E-state index in [1.165, 1.54) is 30.5 Å². The van der Waals surface area contributed by atoms with Crippen LogP contribution in [0.2, 0.25) is 0 Å². The molecule has 1 aliphatic heterocycles. The van der Waals surface area contributed by atoms with Crippen molar-refractivity contribution in [2.24, 2.45) is 7.05 Å². The second-order valence-corrected chi connectivity index (χ2v) is 7.83. The summed E-state index contributed by atoms with van der Waals surface area (Å²) in [5.74, 6) is 2.56. The van der Waals surface area contributed by atoms with E-state index in [0.717, 1.165) is 29.8 Å². The van der Waals surface area contributed by atoms with Crippen molar-refractivity contribution in [2.75, 3.05) is 19.6 Å². The van der Waals surface area contributed by atoms with E-state index in [1.54, 1.807) is 11.8 Å². The summed E-state index contributed by atoms with van der Waals surface area (Å²) in [6, 6.07) is 10.5. The molecule has 2 aromatic rings. The fourth-order valence-electron chi connectivity index (χ4n) is 3.38. The summed E-state index contributed by atoms with van der Waals surface area (Å²) in [6.07, 6.45) is 4.66. The van der Waals surface area contributed by atoms with Gasteiger partial charge in [-0.25, -0.2) is 0 Å². The Morgan fingerprint density at radius 2 is 2.08 bits per heavy atom. The molecule has 1 aromatic heterocycles. The summed E-state index contributed by atoms with van der Waals surface area (Å²) in [4.78, 5) is 2.55. The van der Waals surface area contributed by atoms with Gasteiger partial charge in [-0.05, 0) is 38.8 Å². The van der Waals surface area contributed by atoms with Crippen LogP contribution in [0.15, 0.2) is 47.1 Å². The first-order valence-electron chi connectivity index (χ1n) is 9.07. The van der Waals surface area contributed by atoms with Crippen molar-refractivity contribution >= 4 is 11.8 Å². The van der Waals surface area contributed by atoms with Gasteiger partial charge in [0, 0.05) is 31.8 Å². The zero-order valence-electron chi connectivity index (χ0n) is 15.5. The van der Waals surface area contributed by atoms with Gasteiger partial charge in [0.15, 0.2) is 5.16 Å². The molecule has 3 rings (SSSR count). The van der Waals surface area contributed by atoms with Gasteiger partial charge in [0.2, 0.25) is 0 Å². The van der Waals surface area contributed by atoms with Crippen LogP contribution in [0.3, 0.4) is 0 Å². The van der Waals surface area contributed by atoms with Gasteiger partial charge < -0.3 is 4.57 Å². The normalized spacial score (nSPS) is 19.3. The predicted octanol–water partition coefficient (Wildman–Crippen LogP) is 4.25. The third-order valence-corrected chi connectivity index (χ3v) is 6.01. The average molecular weight is 357 g/mol. The molecule has 0 saturated carbocycles. The molecule has 2 heterocycles. The van der Waals surface area contributed by atoms with Gasteiger partial charge in [-0.1, -0.05) is 53.7 Å². The van der Waals surface area contributed by atoms with Crippen LogP contribution in [0.5, 0.6) is 0 Å². The van der Waals surface area contributed by atoms with Crippen LogP contribution >= 0.6 is 11.8 Å². The van der Waals surface area contributed by atoms with Crippen molar-refractivity contribution in [1.29, 1.82) is 0 Å². The lowest BCUT2D eigenvalue weighted by atomic mass is 9.97. The molecule has 1 aromatic carbocycles. The highest BCUT2D eigenvalue weighted by molar-refractivity contribution is 7.98. The zero-order chi connectivity index (χ0) is 17.6. The topological polar surface area (TPSA) is 34.0 Å². The van der Waals surface area contributed by atoms with Gasteiger partial charge in [0.05, 0.1) is 0 Å². The van der Waals surface area contributed by atoms with E-state index in [1.807, 2.05) is 0 Å². The van der Waals surface area contributed by atoms with Crippen molar-refractivity contribution in [1.82, 2.24) is 19.7 Å². The van der Waals surface area contributed by atoms with E-state index in [0.29, 0.717) is 5.92 Å². The molecular formula is C20H28N4S. The number of rotatable bonds is 6. The molecule has 4 nitrogen and oxygen atoms in total. The van der Waals surface area contributed by atoms with Gasteiger partial charge in [0.25, 0.3) is 0 Å². The molecule has 0 radical (unpaired) electrons. The lowest BCUT2D eigenvalue weighted by Gasteiger charge is -2.32. The molecule has 0 aliphatic carbocycles. The standard InChI is InChI=1S/C20H28N4S/c1-4-16(2)13-24-12-8-11-18(14-24)19-21-22-20(23(19)3)25-15-17-9-6-5-7-10-17/h4-7,9-10,18H,8,11-15H2,1-3H3. The van der Waals surface area contributed by atoms with Gasteiger partial charge >= 0.3 is 0 Å². The van der Waals surface area contributed by atoms with Crippen LogP contribution in [0.4, 0.5) is 0 Å². The van der Waals surface area contributed by atoms with Crippen molar-refractivity contribution in [2.45, 2.75) is 43.5 Å². The fraction of sp³-hybridized carbons (Fsp3) is 0.500. The molecule has 134 valence electrons. The van der Waals surface area contributed by atoms with Crippen molar-refractivity contribution in [3.63, 3.8) is 0 Å². The number of thioether (sulfide) groups is 1. The van der Waals surface area contributed by atoms with E-state index < -0.39 is 0 Å². The number of benzene rings is 1. The Morgan fingerprint density at radius 3 is 2.84 bits per heavy atom. The second-order valence-electron chi connectivity index (χ2n) is 6.88. The number of nitrogens with zero attached hydrogens (tertiary/aromatic N) is 4. The molecule has 5 heteroatoms. The van der Waals surface area contributed by atoms with Gasteiger partial charge in [-0.2, -0.15) is 0 Å². The first-order chi connectivity index (χ1) is 12.2. The third kappa shape index (κ3) is 4.73. The fourth-order valence-corrected chi connectivity index (χ4v) is 4.26. The highest BCUT2D eigenvalue weighted by Crippen LogP contribution is 2.29. The van der Waals surface area contributed by atoms with Gasteiger partial charge in [0.1, 0.15) is 5.82 Å². The Hall–Kier alpha value is -1.59. The van der Waals surface area contributed by atoms with Crippen LogP contribution in [-0.4, -0.2) is 39.3 Å². The molecule has 0 spiro atoms. The minimum atomic E-state index is 0.488. The molecule has 1 unspecified atom stereocenters. The van der Waals surface area contributed by atoms with E-state index in [2.05, 4.69) is 77.0 Å². The summed E-state index contributed by atoms with van der Waals surface area (Å²) < 4.78 is 2.20. The number of aromatic nitrogens is 3. The third-order valence-electron chi connectivity index (χ3n) is 4.92.